The highest BCUT2D eigenvalue weighted by molar-refractivity contribution is 6.33. The largest absolute Gasteiger partial charge is 0.493 e. The van der Waals surface area contributed by atoms with E-state index in [0.717, 1.165) is 5.56 Å². The van der Waals surface area contributed by atoms with E-state index in [4.69, 9.17) is 32.5 Å². The molecule has 0 saturated carbocycles. The lowest BCUT2D eigenvalue weighted by Crippen LogP contribution is -2.21. The van der Waals surface area contributed by atoms with Crippen LogP contribution in [-0.4, -0.2) is 20.8 Å². The quantitative estimate of drug-likeness (QED) is 0.819. The molecule has 0 aliphatic rings. The first-order valence-corrected chi connectivity index (χ1v) is 4.89. The predicted molar refractivity (Wildman–Crippen MR) is 60.5 cm³/mol. The molecule has 4 nitrogen and oxygen atoms in total. The zero-order chi connectivity index (χ0) is 11.4. The molecule has 1 rings (SSSR count). The van der Waals surface area contributed by atoms with Crippen LogP contribution >= 0.6 is 11.6 Å². The standard InChI is InChI=1S/C10H15ClN2O2/c1-14-8-4-3-6(7(13)5-12)9(11)10(8)15-2/h3-4,7H,5,12-13H2,1-2H3/t7-/m0/s1. The lowest BCUT2D eigenvalue weighted by atomic mass is 10.1. The fourth-order valence-electron chi connectivity index (χ4n) is 1.32. The van der Waals surface area contributed by atoms with E-state index >= 15 is 0 Å². The van der Waals surface area contributed by atoms with E-state index in [0.29, 0.717) is 23.1 Å². The summed E-state index contributed by atoms with van der Waals surface area (Å²) in [4.78, 5) is 0. The second-order valence-corrected chi connectivity index (χ2v) is 3.42. The SMILES string of the molecule is COc1ccc([C@@H](N)CN)c(Cl)c1OC. The van der Waals surface area contributed by atoms with Gasteiger partial charge in [0.25, 0.3) is 0 Å². The van der Waals surface area contributed by atoms with Crippen LogP contribution in [0.1, 0.15) is 11.6 Å². The minimum atomic E-state index is -0.294. The van der Waals surface area contributed by atoms with Crippen LogP contribution in [0.2, 0.25) is 5.02 Å². The van der Waals surface area contributed by atoms with Crippen molar-refractivity contribution < 1.29 is 9.47 Å². The van der Waals surface area contributed by atoms with Gasteiger partial charge in [-0.25, -0.2) is 0 Å². The molecule has 0 saturated heterocycles. The summed E-state index contributed by atoms with van der Waals surface area (Å²) >= 11 is 6.13. The minimum Gasteiger partial charge on any atom is -0.493 e. The number of nitrogens with two attached hydrogens (primary N) is 2. The van der Waals surface area contributed by atoms with Gasteiger partial charge in [0.2, 0.25) is 0 Å². The van der Waals surface area contributed by atoms with E-state index in [-0.39, 0.29) is 6.04 Å². The van der Waals surface area contributed by atoms with E-state index in [2.05, 4.69) is 0 Å². The summed E-state index contributed by atoms with van der Waals surface area (Å²) in [5.74, 6) is 1.07. The minimum absolute atomic E-state index is 0.294. The maximum Gasteiger partial charge on any atom is 0.179 e. The van der Waals surface area contributed by atoms with Gasteiger partial charge in [0.1, 0.15) is 0 Å². The van der Waals surface area contributed by atoms with Gasteiger partial charge >= 0.3 is 0 Å². The number of ether oxygens (including phenoxy) is 2. The fourth-order valence-corrected chi connectivity index (χ4v) is 1.69. The molecule has 15 heavy (non-hydrogen) atoms. The summed E-state index contributed by atoms with van der Waals surface area (Å²) in [6.07, 6.45) is 0. The smallest absolute Gasteiger partial charge is 0.179 e. The van der Waals surface area contributed by atoms with Gasteiger partial charge < -0.3 is 20.9 Å². The number of benzene rings is 1. The van der Waals surface area contributed by atoms with Gasteiger partial charge in [-0.3, -0.25) is 0 Å². The molecule has 0 aliphatic carbocycles. The summed E-state index contributed by atoms with van der Waals surface area (Å²) in [6.45, 7) is 0.329. The Morgan fingerprint density at radius 2 is 2.00 bits per heavy atom. The van der Waals surface area contributed by atoms with Crippen LogP contribution in [0, 0.1) is 0 Å². The highest BCUT2D eigenvalue weighted by atomic mass is 35.5. The van der Waals surface area contributed by atoms with Crippen LogP contribution in [0.25, 0.3) is 0 Å². The molecule has 0 heterocycles. The maximum absolute atomic E-state index is 6.13. The van der Waals surface area contributed by atoms with Crippen molar-refractivity contribution in [2.24, 2.45) is 11.5 Å². The lowest BCUT2D eigenvalue weighted by molar-refractivity contribution is 0.354. The van der Waals surface area contributed by atoms with Crippen molar-refractivity contribution in [3.63, 3.8) is 0 Å². The van der Waals surface area contributed by atoms with Gasteiger partial charge in [0.15, 0.2) is 11.5 Å². The second kappa shape index (κ2) is 5.21. The van der Waals surface area contributed by atoms with Crippen molar-refractivity contribution in [1.82, 2.24) is 0 Å². The van der Waals surface area contributed by atoms with Crippen LogP contribution in [0.4, 0.5) is 0 Å². The first-order valence-electron chi connectivity index (χ1n) is 4.51. The van der Waals surface area contributed by atoms with E-state index < -0.39 is 0 Å². The highest BCUT2D eigenvalue weighted by Gasteiger charge is 2.16. The first kappa shape index (κ1) is 12.1. The molecular weight excluding hydrogens is 216 g/mol. The third-order valence-electron chi connectivity index (χ3n) is 2.17. The third kappa shape index (κ3) is 2.34. The molecule has 1 aromatic carbocycles. The first-order chi connectivity index (χ1) is 7.15. The van der Waals surface area contributed by atoms with Crippen molar-refractivity contribution in [1.29, 1.82) is 0 Å². The summed E-state index contributed by atoms with van der Waals surface area (Å²) in [6, 6.07) is 3.26. The average molecular weight is 231 g/mol. The Morgan fingerprint density at radius 3 is 2.47 bits per heavy atom. The summed E-state index contributed by atoms with van der Waals surface area (Å²) in [5.41, 5.74) is 12.0. The summed E-state index contributed by atoms with van der Waals surface area (Å²) in [5, 5.41) is 0.454. The average Bonchev–Trinajstić information content (AvgIpc) is 2.27. The normalized spacial score (nSPS) is 12.3. The van der Waals surface area contributed by atoms with Crippen LogP contribution in [0.15, 0.2) is 12.1 Å². The van der Waals surface area contributed by atoms with Crippen LogP contribution in [0.3, 0.4) is 0 Å². The Kier molecular flexibility index (Phi) is 4.20. The molecule has 0 amide bonds. The number of rotatable bonds is 4. The predicted octanol–water partition coefficient (Wildman–Crippen LogP) is 1.32. The van der Waals surface area contributed by atoms with Crippen LogP contribution < -0.4 is 20.9 Å². The molecule has 0 aliphatic heterocycles. The molecule has 1 aromatic rings. The molecule has 0 aromatic heterocycles. The fraction of sp³-hybridized carbons (Fsp3) is 0.400. The molecule has 0 fully saturated rings. The van der Waals surface area contributed by atoms with Gasteiger partial charge in [-0.2, -0.15) is 0 Å². The van der Waals surface area contributed by atoms with Crippen LogP contribution in [-0.2, 0) is 0 Å². The van der Waals surface area contributed by atoms with Gasteiger partial charge in [-0.15, -0.1) is 0 Å². The zero-order valence-electron chi connectivity index (χ0n) is 8.79. The van der Waals surface area contributed by atoms with Crippen LogP contribution in [0.5, 0.6) is 11.5 Å². The van der Waals surface area contributed by atoms with Crippen molar-refractivity contribution in [2.45, 2.75) is 6.04 Å². The van der Waals surface area contributed by atoms with E-state index in [9.17, 15) is 0 Å². The van der Waals surface area contributed by atoms with Gasteiger partial charge in [-0.1, -0.05) is 17.7 Å². The Labute approximate surface area is 94.1 Å². The van der Waals surface area contributed by atoms with E-state index in [1.165, 1.54) is 7.11 Å². The van der Waals surface area contributed by atoms with Crippen molar-refractivity contribution >= 4 is 11.6 Å². The Morgan fingerprint density at radius 1 is 1.33 bits per heavy atom. The monoisotopic (exact) mass is 230 g/mol. The molecule has 0 spiro atoms. The number of hydrogen-bond donors (Lipinski definition) is 2. The van der Waals surface area contributed by atoms with Gasteiger partial charge in [0.05, 0.1) is 19.2 Å². The van der Waals surface area contributed by atoms with E-state index in [1.807, 2.05) is 0 Å². The molecule has 84 valence electrons. The topological polar surface area (TPSA) is 70.5 Å². The zero-order valence-corrected chi connectivity index (χ0v) is 9.54. The van der Waals surface area contributed by atoms with Crippen molar-refractivity contribution in [3.05, 3.63) is 22.7 Å². The lowest BCUT2D eigenvalue weighted by Gasteiger charge is -2.16. The number of halogens is 1. The van der Waals surface area contributed by atoms with Gasteiger partial charge in [-0.05, 0) is 11.6 Å². The molecule has 0 radical (unpaired) electrons. The molecule has 0 bridgehead atoms. The molecule has 4 N–H and O–H groups in total. The van der Waals surface area contributed by atoms with E-state index in [1.54, 1.807) is 19.2 Å². The molecule has 5 heteroatoms. The molecule has 0 unspecified atom stereocenters. The maximum atomic E-state index is 6.13. The number of hydrogen-bond acceptors (Lipinski definition) is 4. The Balaban J connectivity index is 3.22. The molecular formula is C10H15ClN2O2. The second-order valence-electron chi connectivity index (χ2n) is 3.05. The van der Waals surface area contributed by atoms with Crippen molar-refractivity contribution in [3.8, 4) is 11.5 Å². The third-order valence-corrected chi connectivity index (χ3v) is 2.56. The van der Waals surface area contributed by atoms with Gasteiger partial charge in [0, 0.05) is 12.6 Å². The molecule has 1 atom stereocenters. The van der Waals surface area contributed by atoms with Crippen molar-refractivity contribution in [2.75, 3.05) is 20.8 Å². The summed E-state index contributed by atoms with van der Waals surface area (Å²) in [7, 11) is 3.08. The summed E-state index contributed by atoms with van der Waals surface area (Å²) < 4.78 is 10.3. The highest BCUT2D eigenvalue weighted by Crippen LogP contribution is 2.38. The Hall–Kier alpha value is -0.970. The number of methoxy groups -OCH3 is 2. The Bertz CT molecular complexity index is 344.